The second-order valence-corrected chi connectivity index (χ2v) is 10.3. The highest BCUT2D eigenvalue weighted by Crippen LogP contribution is 2.53. The topological polar surface area (TPSA) is 84.3 Å². The van der Waals surface area contributed by atoms with Crippen molar-refractivity contribution in [2.24, 2.45) is 5.41 Å². The number of β-amino-alcohol motifs (C(OH)–C–C–N with tert-alkyl or cyclic N) is 2. The van der Waals surface area contributed by atoms with E-state index < -0.39 is 6.10 Å². The van der Waals surface area contributed by atoms with Crippen LogP contribution in [-0.2, 0) is 9.59 Å². The van der Waals surface area contributed by atoms with Crippen molar-refractivity contribution in [3.8, 4) is 0 Å². The summed E-state index contributed by atoms with van der Waals surface area (Å²) in [5.41, 5.74) is 0.899. The maximum absolute atomic E-state index is 12.6. The van der Waals surface area contributed by atoms with Crippen LogP contribution in [0.2, 0.25) is 10.0 Å². The largest absolute Gasteiger partial charge is 0.391 e. The summed E-state index contributed by atoms with van der Waals surface area (Å²) in [5, 5.41) is 21.8. The smallest absolute Gasteiger partial charge is 0.246 e. The average molecular weight is 496 g/mol. The molecule has 0 radical (unpaired) electrons. The number of hydrogen-bond acceptors (Lipinski definition) is 5. The van der Waals surface area contributed by atoms with E-state index in [4.69, 9.17) is 23.2 Å². The maximum atomic E-state index is 12.6. The van der Waals surface area contributed by atoms with Gasteiger partial charge in [-0.15, -0.1) is 0 Å². The van der Waals surface area contributed by atoms with Crippen LogP contribution in [0.3, 0.4) is 0 Å². The summed E-state index contributed by atoms with van der Waals surface area (Å²) in [6, 6.07) is 5.14. The SMILES string of the molecule is O=C(C=Cc1ccc(Cl)c(Cl)c1)N1CCC(=O)N(CC(O)CN2CCC3(CC3)C(O)C2)CC1. The summed E-state index contributed by atoms with van der Waals surface area (Å²) in [6.07, 6.45) is 5.54. The van der Waals surface area contributed by atoms with Crippen LogP contribution in [0, 0.1) is 5.41 Å². The van der Waals surface area contributed by atoms with Crippen LogP contribution in [0.4, 0.5) is 0 Å². The molecule has 2 saturated heterocycles. The maximum Gasteiger partial charge on any atom is 0.246 e. The first kappa shape index (κ1) is 24.5. The first-order chi connectivity index (χ1) is 15.8. The van der Waals surface area contributed by atoms with Gasteiger partial charge in [-0.2, -0.15) is 0 Å². The molecule has 2 unspecified atom stereocenters. The number of hydrogen-bond donors (Lipinski definition) is 2. The summed E-state index contributed by atoms with van der Waals surface area (Å²) in [5.74, 6) is -0.235. The summed E-state index contributed by atoms with van der Waals surface area (Å²) >= 11 is 11.9. The number of aliphatic hydroxyl groups excluding tert-OH is 2. The number of carbonyl (C=O) groups excluding carboxylic acids is 2. The molecule has 1 aromatic rings. The number of rotatable bonds is 6. The highest BCUT2D eigenvalue weighted by molar-refractivity contribution is 6.42. The molecule has 1 aliphatic carbocycles. The van der Waals surface area contributed by atoms with Crippen molar-refractivity contribution in [1.82, 2.24) is 14.7 Å². The summed E-state index contributed by atoms with van der Waals surface area (Å²) in [7, 11) is 0. The molecule has 180 valence electrons. The van der Waals surface area contributed by atoms with E-state index in [0.29, 0.717) is 42.8 Å². The number of aliphatic hydroxyl groups is 2. The Kier molecular flexibility index (Phi) is 7.66. The standard InChI is InChI=1S/C24H31Cl2N3O4/c25-19-3-1-17(13-20(19)26)2-4-22(32)28-9-5-23(33)29(12-11-28)15-18(30)14-27-10-8-24(6-7-24)21(31)16-27/h1-4,13,18,21,30-31H,5-12,14-16H2. The lowest BCUT2D eigenvalue weighted by Crippen LogP contribution is -2.49. The van der Waals surface area contributed by atoms with Gasteiger partial charge in [-0.05, 0) is 55.0 Å². The third-order valence-corrected chi connectivity index (χ3v) is 7.86. The van der Waals surface area contributed by atoms with Crippen LogP contribution in [0.1, 0.15) is 31.2 Å². The number of carbonyl (C=O) groups is 2. The first-order valence-corrected chi connectivity index (χ1v) is 12.3. The van der Waals surface area contributed by atoms with Gasteiger partial charge in [-0.1, -0.05) is 29.3 Å². The molecule has 2 N–H and O–H groups in total. The molecule has 9 heteroatoms. The number of halogens is 2. The van der Waals surface area contributed by atoms with E-state index in [1.165, 1.54) is 6.08 Å². The Hall–Kier alpha value is -1.64. The van der Waals surface area contributed by atoms with Crippen molar-refractivity contribution in [3.05, 3.63) is 39.9 Å². The lowest BCUT2D eigenvalue weighted by atomic mass is 9.90. The summed E-state index contributed by atoms with van der Waals surface area (Å²) in [4.78, 5) is 30.6. The molecule has 0 bridgehead atoms. The van der Waals surface area contributed by atoms with Crippen LogP contribution in [0.25, 0.3) is 6.08 Å². The average Bonchev–Trinajstić information content (AvgIpc) is 3.58. The fourth-order valence-corrected chi connectivity index (χ4v) is 5.07. The van der Waals surface area contributed by atoms with Gasteiger partial charge >= 0.3 is 0 Å². The van der Waals surface area contributed by atoms with Crippen molar-refractivity contribution >= 4 is 41.1 Å². The highest BCUT2D eigenvalue weighted by atomic mass is 35.5. The van der Waals surface area contributed by atoms with E-state index in [-0.39, 0.29) is 36.3 Å². The molecule has 1 aromatic carbocycles. The normalized spacial score (nSPS) is 24.4. The molecule has 2 aliphatic heterocycles. The highest BCUT2D eigenvalue weighted by Gasteiger charge is 2.51. The zero-order valence-corrected chi connectivity index (χ0v) is 20.1. The van der Waals surface area contributed by atoms with Gasteiger partial charge in [-0.3, -0.25) is 14.5 Å². The van der Waals surface area contributed by atoms with Crippen molar-refractivity contribution in [1.29, 1.82) is 0 Å². The van der Waals surface area contributed by atoms with Gasteiger partial charge in [0.25, 0.3) is 0 Å². The predicted molar refractivity (Wildman–Crippen MR) is 128 cm³/mol. The Bertz CT molecular complexity index is 921. The Morgan fingerprint density at radius 3 is 2.61 bits per heavy atom. The number of piperidine rings is 1. The lowest BCUT2D eigenvalue weighted by Gasteiger charge is -2.37. The Morgan fingerprint density at radius 2 is 1.91 bits per heavy atom. The van der Waals surface area contributed by atoms with Crippen molar-refractivity contribution in [3.63, 3.8) is 0 Å². The first-order valence-electron chi connectivity index (χ1n) is 11.5. The Morgan fingerprint density at radius 1 is 1.12 bits per heavy atom. The third-order valence-electron chi connectivity index (χ3n) is 7.12. The molecule has 3 fully saturated rings. The molecular formula is C24H31Cl2N3O4. The Balaban J connectivity index is 1.26. The second kappa shape index (κ2) is 10.3. The number of likely N-dealkylation sites (tertiary alicyclic amines) is 1. The quantitative estimate of drug-likeness (QED) is 0.591. The predicted octanol–water partition coefficient (Wildman–Crippen LogP) is 2.28. The van der Waals surface area contributed by atoms with Gasteiger partial charge in [0, 0.05) is 51.8 Å². The van der Waals surface area contributed by atoms with E-state index in [1.807, 2.05) is 0 Å². The van der Waals surface area contributed by atoms with Crippen LogP contribution in [0.15, 0.2) is 24.3 Å². The fraction of sp³-hybridized carbons (Fsp3) is 0.583. The summed E-state index contributed by atoms with van der Waals surface area (Å²) < 4.78 is 0. The van der Waals surface area contributed by atoms with E-state index in [1.54, 1.807) is 34.1 Å². The number of benzene rings is 1. The van der Waals surface area contributed by atoms with Crippen molar-refractivity contribution < 1.29 is 19.8 Å². The van der Waals surface area contributed by atoms with Crippen LogP contribution in [0.5, 0.6) is 0 Å². The Labute approximate surface area is 204 Å². The van der Waals surface area contributed by atoms with Gasteiger partial charge in [0.15, 0.2) is 0 Å². The molecule has 33 heavy (non-hydrogen) atoms. The van der Waals surface area contributed by atoms with Gasteiger partial charge in [-0.25, -0.2) is 0 Å². The molecule has 0 aromatic heterocycles. The van der Waals surface area contributed by atoms with E-state index in [2.05, 4.69) is 4.90 Å². The van der Waals surface area contributed by atoms with E-state index in [0.717, 1.165) is 31.4 Å². The molecule has 1 saturated carbocycles. The van der Waals surface area contributed by atoms with Crippen molar-refractivity contribution in [2.45, 2.75) is 37.9 Å². The monoisotopic (exact) mass is 495 g/mol. The van der Waals surface area contributed by atoms with Crippen molar-refractivity contribution in [2.75, 3.05) is 45.8 Å². The number of nitrogens with zero attached hydrogens (tertiary/aromatic N) is 3. The molecule has 2 amide bonds. The number of amides is 2. The molecule has 4 rings (SSSR count). The molecule has 3 aliphatic rings. The zero-order chi connectivity index (χ0) is 23.6. The fourth-order valence-electron chi connectivity index (χ4n) is 4.77. The molecule has 2 atom stereocenters. The van der Waals surface area contributed by atoms with Crippen LogP contribution >= 0.6 is 23.2 Å². The van der Waals surface area contributed by atoms with Gasteiger partial charge in [0.2, 0.25) is 11.8 Å². The van der Waals surface area contributed by atoms with Gasteiger partial charge < -0.3 is 20.0 Å². The van der Waals surface area contributed by atoms with Crippen LogP contribution < -0.4 is 0 Å². The lowest BCUT2D eigenvalue weighted by molar-refractivity contribution is -0.132. The van der Waals surface area contributed by atoms with Crippen LogP contribution in [-0.4, -0.2) is 94.7 Å². The zero-order valence-electron chi connectivity index (χ0n) is 18.6. The van der Waals surface area contributed by atoms with Gasteiger partial charge in [0.1, 0.15) is 0 Å². The van der Waals surface area contributed by atoms with E-state index in [9.17, 15) is 19.8 Å². The minimum atomic E-state index is -0.689. The second-order valence-electron chi connectivity index (χ2n) is 9.46. The molecule has 1 spiro atoms. The summed E-state index contributed by atoms with van der Waals surface area (Å²) in [6.45, 7) is 3.26. The molecule has 2 heterocycles. The molecule has 7 nitrogen and oxygen atoms in total. The molecular weight excluding hydrogens is 465 g/mol. The minimum absolute atomic E-state index is 0.0616. The van der Waals surface area contributed by atoms with Gasteiger partial charge in [0.05, 0.1) is 22.3 Å². The van der Waals surface area contributed by atoms with E-state index >= 15 is 0 Å². The third kappa shape index (κ3) is 6.08. The minimum Gasteiger partial charge on any atom is -0.391 e.